The van der Waals surface area contributed by atoms with Gasteiger partial charge in [-0.25, -0.2) is 0 Å². The first-order valence-electron chi connectivity index (χ1n) is 5.52. The molecule has 1 heterocycles. The van der Waals surface area contributed by atoms with Crippen LogP contribution in [0.4, 0.5) is 0 Å². The quantitative estimate of drug-likeness (QED) is 0.624. The highest BCUT2D eigenvalue weighted by atomic mass is 32.1. The molecule has 1 amide bonds. The summed E-state index contributed by atoms with van der Waals surface area (Å²) in [5, 5.41) is 2.65. The van der Waals surface area contributed by atoms with Crippen molar-refractivity contribution in [1.29, 1.82) is 0 Å². The van der Waals surface area contributed by atoms with Gasteiger partial charge < -0.3 is 5.32 Å². The molecule has 0 radical (unpaired) electrons. The van der Waals surface area contributed by atoms with Gasteiger partial charge in [0.25, 0.3) is 0 Å². The smallest absolute Gasteiger partial charge is 0.220 e. The minimum absolute atomic E-state index is 0.0422. The number of amides is 1. The van der Waals surface area contributed by atoms with E-state index in [-0.39, 0.29) is 24.5 Å². The molecule has 92 valence electrons. The van der Waals surface area contributed by atoms with Crippen LogP contribution in [0.15, 0.2) is 18.7 Å². The molecule has 0 spiro atoms. The van der Waals surface area contributed by atoms with Crippen LogP contribution in [0.2, 0.25) is 0 Å². The normalized spacial score (nSPS) is 10.0. The van der Waals surface area contributed by atoms with Crippen LogP contribution in [-0.2, 0) is 4.79 Å². The van der Waals surface area contributed by atoms with Crippen LogP contribution in [-0.4, -0.2) is 18.2 Å². The predicted octanol–water partition coefficient (Wildman–Crippen LogP) is 2.63. The maximum absolute atomic E-state index is 11.9. The average Bonchev–Trinajstić information content (AvgIpc) is 2.62. The summed E-state index contributed by atoms with van der Waals surface area (Å²) in [4.78, 5) is 25.3. The third-order valence-electron chi connectivity index (χ3n) is 2.36. The first-order chi connectivity index (χ1) is 8.04. The second-order valence-electron chi connectivity index (χ2n) is 3.84. The standard InChI is InChI=1S/C13H17NO2S/c1-4-7-14-13(16)6-5-12(15)11-8-9(2)17-10(11)3/h4,8H,1,5-7H2,2-3H3,(H,14,16). The van der Waals surface area contributed by atoms with Crippen LogP contribution >= 0.6 is 11.3 Å². The van der Waals surface area contributed by atoms with Crippen molar-refractivity contribution >= 4 is 23.0 Å². The fraction of sp³-hybridized carbons (Fsp3) is 0.385. The summed E-state index contributed by atoms with van der Waals surface area (Å²) in [5.41, 5.74) is 0.754. The van der Waals surface area contributed by atoms with Crippen molar-refractivity contribution in [3.05, 3.63) is 34.0 Å². The maximum Gasteiger partial charge on any atom is 0.220 e. The highest BCUT2D eigenvalue weighted by Crippen LogP contribution is 2.22. The molecule has 1 N–H and O–H groups in total. The van der Waals surface area contributed by atoms with Crippen LogP contribution in [0.25, 0.3) is 0 Å². The van der Waals surface area contributed by atoms with Crippen LogP contribution in [0.1, 0.15) is 33.0 Å². The molecule has 0 aromatic carbocycles. The number of thiophene rings is 1. The number of aryl methyl sites for hydroxylation is 2. The summed E-state index contributed by atoms with van der Waals surface area (Å²) in [5.74, 6) is -0.0662. The van der Waals surface area contributed by atoms with Gasteiger partial charge in [-0.05, 0) is 19.9 Å². The number of carbonyl (C=O) groups excluding carboxylic acids is 2. The average molecular weight is 251 g/mol. The monoisotopic (exact) mass is 251 g/mol. The van der Waals surface area contributed by atoms with Gasteiger partial charge in [0.05, 0.1) is 0 Å². The number of hydrogen-bond acceptors (Lipinski definition) is 3. The SMILES string of the molecule is C=CCNC(=O)CCC(=O)c1cc(C)sc1C. The maximum atomic E-state index is 11.9. The van der Waals surface area contributed by atoms with Crippen LogP contribution in [0.5, 0.6) is 0 Å². The molecule has 3 nitrogen and oxygen atoms in total. The molecule has 0 fully saturated rings. The van der Waals surface area contributed by atoms with Crippen LogP contribution < -0.4 is 5.32 Å². The lowest BCUT2D eigenvalue weighted by Gasteiger charge is -2.01. The topological polar surface area (TPSA) is 46.2 Å². The van der Waals surface area contributed by atoms with E-state index in [0.717, 1.165) is 15.3 Å². The molecule has 0 unspecified atom stereocenters. The van der Waals surface area contributed by atoms with Crippen molar-refractivity contribution in [3.8, 4) is 0 Å². The summed E-state index contributed by atoms with van der Waals surface area (Å²) >= 11 is 1.61. The van der Waals surface area contributed by atoms with E-state index in [4.69, 9.17) is 0 Å². The Balaban J connectivity index is 2.47. The van der Waals surface area contributed by atoms with Crippen molar-refractivity contribution in [3.63, 3.8) is 0 Å². The highest BCUT2D eigenvalue weighted by molar-refractivity contribution is 7.12. The number of Topliss-reactive ketones (excluding diaryl/α,β-unsaturated/α-hetero) is 1. The lowest BCUT2D eigenvalue weighted by atomic mass is 10.1. The molecule has 0 aliphatic rings. The molecule has 0 atom stereocenters. The summed E-state index contributed by atoms with van der Waals surface area (Å²) in [6.07, 6.45) is 2.12. The predicted molar refractivity (Wildman–Crippen MR) is 70.6 cm³/mol. The number of ketones is 1. The Bertz CT molecular complexity index is 435. The molecule has 1 rings (SSSR count). The Hall–Kier alpha value is -1.42. The Morgan fingerprint density at radius 3 is 2.65 bits per heavy atom. The van der Waals surface area contributed by atoms with E-state index in [1.54, 1.807) is 17.4 Å². The van der Waals surface area contributed by atoms with E-state index in [9.17, 15) is 9.59 Å². The first-order valence-corrected chi connectivity index (χ1v) is 6.34. The van der Waals surface area contributed by atoms with Crippen molar-refractivity contribution in [2.75, 3.05) is 6.54 Å². The lowest BCUT2D eigenvalue weighted by molar-refractivity contribution is -0.120. The van der Waals surface area contributed by atoms with Crippen molar-refractivity contribution < 1.29 is 9.59 Å². The Labute approximate surface area is 106 Å². The van der Waals surface area contributed by atoms with Gasteiger partial charge in [-0.15, -0.1) is 17.9 Å². The van der Waals surface area contributed by atoms with Crippen LogP contribution in [0, 0.1) is 13.8 Å². The highest BCUT2D eigenvalue weighted by Gasteiger charge is 2.13. The van der Waals surface area contributed by atoms with E-state index in [0.29, 0.717) is 6.54 Å². The van der Waals surface area contributed by atoms with Gasteiger partial charge in [-0.1, -0.05) is 6.08 Å². The molecule has 0 aliphatic carbocycles. The zero-order valence-corrected chi connectivity index (χ0v) is 11.0. The van der Waals surface area contributed by atoms with E-state index in [2.05, 4.69) is 11.9 Å². The van der Waals surface area contributed by atoms with Crippen molar-refractivity contribution in [1.82, 2.24) is 5.32 Å². The first kappa shape index (κ1) is 13.6. The fourth-order valence-electron chi connectivity index (χ4n) is 1.54. The minimum Gasteiger partial charge on any atom is -0.353 e. The van der Waals surface area contributed by atoms with Gasteiger partial charge in [-0.2, -0.15) is 0 Å². The summed E-state index contributed by atoms with van der Waals surface area (Å²) in [6.45, 7) is 7.87. The fourth-order valence-corrected chi connectivity index (χ4v) is 2.49. The number of nitrogens with one attached hydrogen (secondary N) is 1. The number of rotatable bonds is 6. The molecule has 0 aliphatic heterocycles. The molecular formula is C13H17NO2S. The zero-order valence-electron chi connectivity index (χ0n) is 10.2. The van der Waals surface area contributed by atoms with Gasteiger partial charge in [0, 0.05) is 34.7 Å². The van der Waals surface area contributed by atoms with Gasteiger partial charge in [0.2, 0.25) is 5.91 Å². The Morgan fingerprint density at radius 2 is 2.12 bits per heavy atom. The number of carbonyl (C=O) groups is 2. The molecule has 4 heteroatoms. The van der Waals surface area contributed by atoms with E-state index in [1.165, 1.54) is 0 Å². The van der Waals surface area contributed by atoms with Gasteiger partial charge in [0.1, 0.15) is 0 Å². The summed E-state index contributed by atoms with van der Waals surface area (Å²) in [7, 11) is 0. The lowest BCUT2D eigenvalue weighted by Crippen LogP contribution is -2.23. The molecule has 1 aromatic heterocycles. The van der Waals surface area contributed by atoms with Gasteiger partial charge in [0.15, 0.2) is 5.78 Å². The molecule has 0 saturated carbocycles. The third kappa shape index (κ3) is 4.15. The molecular weight excluding hydrogens is 234 g/mol. The van der Waals surface area contributed by atoms with Gasteiger partial charge in [-0.3, -0.25) is 9.59 Å². The molecule has 1 aromatic rings. The minimum atomic E-state index is -0.108. The van der Waals surface area contributed by atoms with Crippen LogP contribution in [0.3, 0.4) is 0 Å². The molecule has 17 heavy (non-hydrogen) atoms. The van der Waals surface area contributed by atoms with Gasteiger partial charge >= 0.3 is 0 Å². The van der Waals surface area contributed by atoms with E-state index in [1.807, 2.05) is 19.9 Å². The molecule has 0 bridgehead atoms. The second-order valence-corrected chi connectivity index (χ2v) is 5.30. The largest absolute Gasteiger partial charge is 0.353 e. The zero-order chi connectivity index (χ0) is 12.8. The van der Waals surface area contributed by atoms with Crippen molar-refractivity contribution in [2.24, 2.45) is 0 Å². The van der Waals surface area contributed by atoms with E-state index >= 15 is 0 Å². The molecule has 0 saturated heterocycles. The summed E-state index contributed by atoms with van der Waals surface area (Å²) in [6, 6.07) is 1.89. The Kier molecular flexibility index (Phi) is 5.10. The second kappa shape index (κ2) is 6.35. The van der Waals surface area contributed by atoms with E-state index < -0.39 is 0 Å². The Morgan fingerprint density at radius 1 is 1.41 bits per heavy atom. The third-order valence-corrected chi connectivity index (χ3v) is 3.33. The number of hydrogen-bond donors (Lipinski definition) is 1. The summed E-state index contributed by atoms with van der Waals surface area (Å²) < 4.78 is 0. The van der Waals surface area contributed by atoms with Crippen molar-refractivity contribution in [2.45, 2.75) is 26.7 Å².